The number of carboxylic acid groups (broad SMARTS) is 1. The molecule has 0 aromatic heterocycles. The number of carbonyl (C=O) groups excluding carboxylic acids is 1. The third-order valence-electron chi connectivity index (χ3n) is 3.99. The van der Waals surface area contributed by atoms with E-state index in [9.17, 15) is 18.4 Å². The molecule has 0 radical (unpaired) electrons. The number of halogens is 2. The molecule has 2 aromatic rings. The van der Waals surface area contributed by atoms with Gasteiger partial charge >= 0.3 is 12.6 Å². The van der Waals surface area contributed by atoms with Crippen molar-refractivity contribution in [2.24, 2.45) is 5.92 Å². The first-order valence-electron chi connectivity index (χ1n) is 8.49. The maximum Gasteiger partial charge on any atom is 0.387 e. The van der Waals surface area contributed by atoms with E-state index < -0.39 is 18.5 Å². The molecular formula is C20H21F2NO4. The molecule has 0 heterocycles. The predicted octanol–water partition coefficient (Wildman–Crippen LogP) is 4.12. The fourth-order valence-electron chi connectivity index (χ4n) is 2.48. The Kier molecular flexibility index (Phi) is 7.28. The Labute approximate surface area is 156 Å². The minimum Gasteiger partial charge on any atom is -0.481 e. The van der Waals surface area contributed by atoms with E-state index in [2.05, 4.69) is 10.1 Å². The maximum absolute atomic E-state index is 12.1. The number of nitrogens with one attached hydrogen (secondary N) is 1. The van der Waals surface area contributed by atoms with Crippen molar-refractivity contribution in [1.29, 1.82) is 0 Å². The lowest BCUT2D eigenvalue weighted by atomic mass is 10.0. The molecule has 0 aliphatic rings. The van der Waals surface area contributed by atoms with E-state index in [1.54, 1.807) is 43.3 Å². The van der Waals surface area contributed by atoms with Gasteiger partial charge in [-0.2, -0.15) is 8.78 Å². The van der Waals surface area contributed by atoms with Crippen LogP contribution in [0.1, 0.15) is 24.5 Å². The molecule has 0 saturated heterocycles. The number of benzene rings is 2. The van der Waals surface area contributed by atoms with Crippen molar-refractivity contribution >= 4 is 17.6 Å². The number of hydrogen-bond acceptors (Lipinski definition) is 3. The van der Waals surface area contributed by atoms with Gasteiger partial charge in [-0.3, -0.25) is 9.59 Å². The molecule has 2 rings (SSSR count). The Morgan fingerprint density at radius 1 is 1.04 bits per heavy atom. The average molecular weight is 377 g/mol. The molecule has 1 amide bonds. The van der Waals surface area contributed by atoms with Crippen molar-refractivity contribution in [3.63, 3.8) is 0 Å². The largest absolute Gasteiger partial charge is 0.481 e. The van der Waals surface area contributed by atoms with E-state index in [0.29, 0.717) is 18.5 Å². The number of aryl methyl sites for hydroxylation is 1. The summed E-state index contributed by atoms with van der Waals surface area (Å²) in [6, 6.07) is 13.2. The molecular weight excluding hydrogens is 356 g/mol. The number of alkyl halides is 2. The molecule has 0 spiro atoms. The van der Waals surface area contributed by atoms with Crippen LogP contribution in [-0.2, 0) is 22.4 Å². The molecule has 2 aromatic carbocycles. The summed E-state index contributed by atoms with van der Waals surface area (Å²) >= 11 is 0. The Balaban J connectivity index is 1.80. The summed E-state index contributed by atoms with van der Waals surface area (Å²) in [5, 5.41) is 11.7. The summed E-state index contributed by atoms with van der Waals surface area (Å²) in [5.41, 5.74) is 2.35. The molecule has 0 saturated carbocycles. The Bertz CT molecular complexity index is 761. The Hall–Kier alpha value is -2.96. The van der Waals surface area contributed by atoms with Gasteiger partial charge in [-0.1, -0.05) is 31.2 Å². The summed E-state index contributed by atoms with van der Waals surface area (Å²) in [7, 11) is 0. The third-order valence-corrected chi connectivity index (χ3v) is 3.99. The van der Waals surface area contributed by atoms with Crippen LogP contribution in [0, 0.1) is 5.92 Å². The van der Waals surface area contributed by atoms with Crippen LogP contribution in [0.5, 0.6) is 5.75 Å². The molecule has 7 heteroatoms. The van der Waals surface area contributed by atoms with Gasteiger partial charge in [-0.15, -0.1) is 0 Å². The van der Waals surface area contributed by atoms with Crippen LogP contribution in [-0.4, -0.2) is 23.6 Å². The molecule has 144 valence electrons. The molecule has 1 atom stereocenters. The number of carbonyl (C=O) groups is 2. The van der Waals surface area contributed by atoms with Crippen molar-refractivity contribution in [2.45, 2.75) is 32.8 Å². The van der Waals surface area contributed by atoms with Crippen molar-refractivity contribution in [2.75, 3.05) is 5.32 Å². The van der Waals surface area contributed by atoms with Crippen LogP contribution < -0.4 is 10.1 Å². The highest BCUT2D eigenvalue weighted by Gasteiger charge is 2.11. The number of anilines is 1. The van der Waals surface area contributed by atoms with Crippen LogP contribution in [0.3, 0.4) is 0 Å². The number of aliphatic carboxylic acids is 1. The molecule has 27 heavy (non-hydrogen) atoms. The van der Waals surface area contributed by atoms with E-state index in [0.717, 1.165) is 11.1 Å². The molecule has 0 bridgehead atoms. The minimum absolute atomic E-state index is 0.0792. The number of amides is 1. The van der Waals surface area contributed by atoms with E-state index in [4.69, 9.17) is 5.11 Å². The van der Waals surface area contributed by atoms with Gasteiger partial charge in [0.2, 0.25) is 5.91 Å². The fraction of sp³-hybridized carbons (Fsp3) is 0.300. The lowest BCUT2D eigenvalue weighted by Gasteiger charge is -2.09. The van der Waals surface area contributed by atoms with E-state index in [1.165, 1.54) is 12.1 Å². The number of rotatable bonds is 9. The van der Waals surface area contributed by atoms with Crippen LogP contribution in [0.15, 0.2) is 48.5 Å². The summed E-state index contributed by atoms with van der Waals surface area (Å²) in [6.45, 7) is -1.22. The van der Waals surface area contributed by atoms with Gasteiger partial charge < -0.3 is 15.2 Å². The maximum atomic E-state index is 12.1. The summed E-state index contributed by atoms with van der Waals surface area (Å²) < 4.78 is 28.5. The second kappa shape index (κ2) is 9.66. The first-order chi connectivity index (χ1) is 12.8. The lowest BCUT2D eigenvalue weighted by molar-refractivity contribution is -0.141. The quantitative estimate of drug-likeness (QED) is 0.689. The van der Waals surface area contributed by atoms with Crippen molar-refractivity contribution < 1.29 is 28.2 Å². The Morgan fingerprint density at radius 2 is 1.63 bits per heavy atom. The van der Waals surface area contributed by atoms with Gasteiger partial charge in [0.05, 0.1) is 5.92 Å². The smallest absolute Gasteiger partial charge is 0.387 e. The normalized spacial score (nSPS) is 11.9. The predicted molar refractivity (Wildman–Crippen MR) is 97.0 cm³/mol. The van der Waals surface area contributed by atoms with E-state index in [1.807, 2.05) is 0 Å². The zero-order valence-electron chi connectivity index (χ0n) is 14.8. The van der Waals surface area contributed by atoms with Crippen molar-refractivity contribution in [3.05, 3.63) is 59.7 Å². The van der Waals surface area contributed by atoms with Crippen LogP contribution in [0.2, 0.25) is 0 Å². The fourth-order valence-corrected chi connectivity index (χ4v) is 2.48. The molecule has 2 N–H and O–H groups in total. The highest BCUT2D eigenvalue weighted by atomic mass is 19.3. The second-order valence-electron chi connectivity index (χ2n) is 6.21. The van der Waals surface area contributed by atoms with Gasteiger partial charge in [-0.25, -0.2) is 0 Å². The SMILES string of the molecule is CC(Cc1ccc(NC(=O)CCc2ccc(OC(F)F)cc2)cc1)C(=O)O. The van der Waals surface area contributed by atoms with Crippen molar-refractivity contribution in [1.82, 2.24) is 0 Å². The zero-order chi connectivity index (χ0) is 19.8. The summed E-state index contributed by atoms with van der Waals surface area (Å²) in [5.74, 6) is -1.41. The van der Waals surface area contributed by atoms with E-state index >= 15 is 0 Å². The van der Waals surface area contributed by atoms with Crippen LogP contribution in [0.4, 0.5) is 14.5 Å². The molecule has 0 aliphatic carbocycles. The highest BCUT2D eigenvalue weighted by molar-refractivity contribution is 5.90. The van der Waals surface area contributed by atoms with Crippen LogP contribution in [0.25, 0.3) is 0 Å². The van der Waals surface area contributed by atoms with Gasteiger partial charge in [0.15, 0.2) is 0 Å². The van der Waals surface area contributed by atoms with Gasteiger partial charge in [0.1, 0.15) is 5.75 Å². The zero-order valence-corrected chi connectivity index (χ0v) is 14.8. The minimum atomic E-state index is -2.86. The average Bonchev–Trinajstić information content (AvgIpc) is 2.62. The molecule has 1 unspecified atom stereocenters. The molecule has 0 aliphatic heterocycles. The lowest BCUT2D eigenvalue weighted by Crippen LogP contribution is -2.13. The third kappa shape index (κ3) is 7.05. The van der Waals surface area contributed by atoms with Gasteiger partial charge in [0, 0.05) is 12.1 Å². The van der Waals surface area contributed by atoms with Gasteiger partial charge in [0.25, 0.3) is 0 Å². The number of carboxylic acids is 1. The number of ether oxygens (including phenoxy) is 1. The first kappa shape index (κ1) is 20.4. The van der Waals surface area contributed by atoms with E-state index in [-0.39, 0.29) is 18.1 Å². The number of hydrogen-bond donors (Lipinski definition) is 2. The first-order valence-corrected chi connectivity index (χ1v) is 8.49. The summed E-state index contributed by atoms with van der Waals surface area (Å²) in [4.78, 5) is 22.9. The van der Waals surface area contributed by atoms with Crippen LogP contribution >= 0.6 is 0 Å². The summed E-state index contributed by atoms with van der Waals surface area (Å²) in [6.07, 6.45) is 1.14. The highest BCUT2D eigenvalue weighted by Crippen LogP contribution is 2.17. The second-order valence-corrected chi connectivity index (χ2v) is 6.21. The molecule has 0 fully saturated rings. The Morgan fingerprint density at radius 3 is 2.19 bits per heavy atom. The molecule has 5 nitrogen and oxygen atoms in total. The monoisotopic (exact) mass is 377 g/mol. The standard InChI is InChI=1S/C20H21F2NO4/c1-13(19(25)26)12-15-2-7-16(8-3-15)23-18(24)11-6-14-4-9-17(10-5-14)27-20(21)22/h2-5,7-10,13,20H,6,11-12H2,1H3,(H,23,24)(H,25,26). The topological polar surface area (TPSA) is 75.6 Å². The van der Waals surface area contributed by atoms with Crippen molar-refractivity contribution in [3.8, 4) is 5.75 Å². The van der Waals surface area contributed by atoms with Gasteiger partial charge in [-0.05, 0) is 48.2 Å².